The summed E-state index contributed by atoms with van der Waals surface area (Å²) in [5, 5.41) is 2.93. The molecule has 1 N–H and O–H groups in total. The van der Waals surface area contributed by atoms with Gasteiger partial charge in [-0.05, 0) is 11.8 Å². The average molecular weight is 242 g/mol. The van der Waals surface area contributed by atoms with E-state index in [9.17, 15) is 13.6 Å². The van der Waals surface area contributed by atoms with Crippen molar-refractivity contribution >= 4 is 18.4 Å². The van der Waals surface area contributed by atoms with Crippen molar-refractivity contribution in [2.75, 3.05) is 13.7 Å². The van der Waals surface area contributed by atoms with Crippen molar-refractivity contribution in [2.24, 2.45) is 5.41 Å². The topological polar surface area (TPSA) is 38.3 Å². The van der Waals surface area contributed by atoms with Gasteiger partial charge in [-0.25, -0.2) is 8.78 Å². The van der Waals surface area contributed by atoms with Crippen molar-refractivity contribution < 1.29 is 18.3 Å². The molecule has 15 heavy (non-hydrogen) atoms. The smallest absolute Gasteiger partial charge is 0.322 e. The van der Waals surface area contributed by atoms with Crippen molar-refractivity contribution in [1.29, 1.82) is 0 Å². The van der Waals surface area contributed by atoms with Crippen LogP contribution in [-0.2, 0) is 9.53 Å². The summed E-state index contributed by atoms with van der Waals surface area (Å²) < 4.78 is 30.0. The maximum absolute atomic E-state index is 12.7. The molecule has 2 fully saturated rings. The molecule has 0 unspecified atom stereocenters. The van der Waals surface area contributed by atoms with E-state index in [1.165, 1.54) is 7.11 Å². The van der Waals surface area contributed by atoms with Gasteiger partial charge in [0.15, 0.2) is 0 Å². The lowest BCUT2D eigenvalue weighted by Crippen LogP contribution is -2.47. The highest BCUT2D eigenvalue weighted by Crippen LogP contribution is 2.56. The second-order valence-corrected chi connectivity index (χ2v) is 4.37. The van der Waals surface area contributed by atoms with Crippen molar-refractivity contribution in [1.82, 2.24) is 5.32 Å². The molecule has 0 amide bonds. The first-order valence-corrected chi connectivity index (χ1v) is 4.65. The molecule has 0 radical (unpaired) electrons. The third-order valence-corrected chi connectivity index (χ3v) is 3.11. The van der Waals surface area contributed by atoms with E-state index in [4.69, 9.17) is 0 Å². The van der Waals surface area contributed by atoms with Crippen LogP contribution >= 0.6 is 12.4 Å². The normalized spacial score (nSPS) is 30.5. The van der Waals surface area contributed by atoms with Crippen molar-refractivity contribution in [3.05, 3.63) is 0 Å². The molecule has 88 valence electrons. The van der Waals surface area contributed by atoms with E-state index in [0.29, 0.717) is 13.0 Å². The highest BCUT2D eigenvalue weighted by molar-refractivity contribution is 5.85. The predicted octanol–water partition coefficient (Wildman–Crippen LogP) is 1.36. The molecule has 0 aromatic heterocycles. The zero-order valence-corrected chi connectivity index (χ0v) is 9.20. The van der Waals surface area contributed by atoms with Gasteiger partial charge in [0.05, 0.1) is 7.11 Å². The molecule has 6 heteroatoms. The molecule has 1 aliphatic carbocycles. The molecule has 1 atom stereocenters. The van der Waals surface area contributed by atoms with Crippen LogP contribution in [0.25, 0.3) is 0 Å². The van der Waals surface area contributed by atoms with Crippen LogP contribution in [0.1, 0.15) is 19.3 Å². The van der Waals surface area contributed by atoms with Crippen LogP contribution in [0.5, 0.6) is 0 Å². The Hall–Kier alpha value is -0.420. The van der Waals surface area contributed by atoms with Gasteiger partial charge in [-0.15, -0.1) is 12.4 Å². The summed E-state index contributed by atoms with van der Waals surface area (Å²) in [5.74, 6) is -2.87. The van der Waals surface area contributed by atoms with E-state index in [0.717, 1.165) is 0 Å². The Labute approximate surface area is 93.0 Å². The molecule has 0 aromatic carbocycles. The fraction of sp³-hybridized carbons (Fsp3) is 0.889. The number of nitrogens with one attached hydrogen (secondary N) is 1. The summed E-state index contributed by atoms with van der Waals surface area (Å²) >= 11 is 0. The Balaban J connectivity index is 0.00000112. The summed E-state index contributed by atoms with van der Waals surface area (Å²) in [4.78, 5) is 11.1. The monoisotopic (exact) mass is 241 g/mol. The number of ether oxygens (including phenoxy) is 1. The zero-order chi connectivity index (χ0) is 10.4. The van der Waals surface area contributed by atoms with Gasteiger partial charge >= 0.3 is 5.97 Å². The number of esters is 1. The van der Waals surface area contributed by atoms with Crippen LogP contribution in [-0.4, -0.2) is 31.6 Å². The Morgan fingerprint density at radius 3 is 2.53 bits per heavy atom. The Morgan fingerprint density at radius 2 is 2.07 bits per heavy atom. The van der Waals surface area contributed by atoms with E-state index in [1.807, 2.05) is 0 Å². The number of hydrogen-bond acceptors (Lipinski definition) is 3. The quantitative estimate of drug-likeness (QED) is 0.705. The molecule has 1 aliphatic heterocycles. The standard InChI is InChI=1S/C9H13F2NO2.ClH/c1-14-7(13)6-2-8(5-12-6)3-9(10,11)4-8;/h6,12H,2-5H2,1H3;1H/t6-;/m0./s1. The third-order valence-electron chi connectivity index (χ3n) is 3.11. The number of methoxy groups -OCH3 is 1. The summed E-state index contributed by atoms with van der Waals surface area (Å²) in [6.45, 7) is 0.502. The van der Waals surface area contributed by atoms with Gasteiger partial charge in [0.25, 0.3) is 0 Å². The molecule has 1 saturated heterocycles. The maximum Gasteiger partial charge on any atom is 0.322 e. The van der Waals surface area contributed by atoms with Crippen LogP contribution in [0.4, 0.5) is 8.78 Å². The average Bonchev–Trinajstić information content (AvgIpc) is 2.45. The van der Waals surface area contributed by atoms with Gasteiger partial charge in [-0.1, -0.05) is 0 Å². The number of carbonyl (C=O) groups excluding carboxylic acids is 1. The minimum Gasteiger partial charge on any atom is -0.468 e. The SMILES string of the molecule is COC(=O)[C@@H]1CC2(CN1)CC(F)(F)C2.Cl. The molecule has 1 saturated carbocycles. The summed E-state index contributed by atoms with van der Waals surface area (Å²) in [6, 6.07) is -0.393. The maximum atomic E-state index is 12.7. The lowest BCUT2D eigenvalue weighted by Gasteiger charge is -2.44. The number of carbonyl (C=O) groups is 1. The summed E-state index contributed by atoms with van der Waals surface area (Å²) in [6.07, 6.45) is 0.288. The minimum atomic E-state index is -2.52. The van der Waals surface area contributed by atoms with Gasteiger partial charge in [-0.2, -0.15) is 0 Å². The second-order valence-electron chi connectivity index (χ2n) is 4.37. The van der Waals surface area contributed by atoms with Crippen molar-refractivity contribution in [3.63, 3.8) is 0 Å². The van der Waals surface area contributed by atoms with E-state index in [-0.39, 0.29) is 36.6 Å². The highest BCUT2D eigenvalue weighted by Gasteiger charge is 2.59. The lowest BCUT2D eigenvalue weighted by atomic mass is 9.65. The summed E-state index contributed by atoms with van der Waals surface area (Å²) in [7, 11) is 1.31. The fourth-order valence-electron chi connectivity index (χ4n) is 2.54. The predicted molar refractivity (Wildman–Crippen MR) is 52.3 cm³/mol. The molecule has 0 aromatic rings. The van der Waals surface area contributed by atoms with E-state index >= 15 is 0 Å². The Morgan fingerprint density at radius 1 is 1.47 bits per heavy atom. The number of halogens is 3. The largest absolute Gasteiger partial charge is 0.468 e. The first-order chi connectivity index (χ1) is 6.46. The van der Waals surface area contributed by atoms with Gasteiger partial charge < -0.3 is 10.1 Å². The number of alkyl halides is 2. The van der Waals surface area contributed by atoms with E-state index < -0.39 is 12.0 Å². The third kappa shape index (κ3) is 2.23. The number of hydrogen-bond donors (Lipinski definition) is 1. The Kier molecular flexibility index (Phi) is 3.26. The van der Waals surface area contributed by atoms with Gasteiger partial charge in [0.2, 0.25) is 5.92 Å². The molecule has 2 aliphatic rings. The van der Waals surface area contributed by atoms with E-state index in [1.54, 1.807) is 0 Å². The molecule has 3 nitrogen and oxygen atoms in total. The summed E-state index contributed by atoms with van der Waals surface area (Å²) in [5.41, 5.74) is -0.359. The molecular formula is C9H14ClF2NO2. The van der Waals surface area contributed by atoms with Crippen LogP contribution in [0.2, 0.25) is 0 Å². The Bertz CT molecular complexity index is 265. The molecule has 2 rings (SSSR count). The lowest BCUT2D eigenvalue weighted by molar-refractivity contribution is -0.157. The molecule has 0 bridgehead atoms. The van der Waals surface area contributed by atoms with Gasteiger partial charge in [0, 0.05) is 19.4 Å². The first kappa shape index (κ1) is 12.6. The first-order valence-electron chi connectivity index (χ1n) is 4.65. The second kappa shape index (κ2) is 3.87. The molecule has 1 spiro atoms. The molecular weight excluding hydrogens is 228 g/mol. The van der Waals surface area contributed by atoms with Crippen LogP contribution in [0.15, 0.2) is 0 Å². The van der Waals surface area contributed by atoms with Crippen LogP contribution < -0.4 is 5.32 Å². The minimum absolute atomic E-state index is 0. The van der Waals surface area contributed by atoms with Gasteiger partial charge in [-0.3, -0.25) is 4.79 Å². The zero-order valence-electron chi connectivity index (χ0n) is 8.39. The highest BCUT2D eigenvalue weighted by atomic mass is 35.5. The van der Waals surface area contributed by atoms with Crippen LogP contribution in [0, 0.1) is 5.41 Å². The fourth-order valence-corrected chi connectivity index (χ4v) is 2.54. The van der Waals surface area contributed by atoms with Crippen molar-refractivity contribution in [3.8, 4) is 0 Å². The van der Waals surface area contributed by atoms with E-state index in [2.05, 4.69) is 10.1 Å². The number of rotatable bonds is 1. The van der Waals surface area contributed by atoms with Crippen molar-refractivity contribution in [2.45, 2.75) is 31.2 Å². The van der Waals surface area contributed by atoms with Crippen LogP contribution in [0.3, 0.4) is 0 Å². The molecule has 1 heterocycles. The van der Waals surface area contributed by atoms with Gasteiger partial charge in [0.1, 0.15) is 6.04 Å².